The third kappa shape index (κ3) is 4.52. The van der Waals surface area contributed by atoms with Crippen molar-refractivity contribution in [1.29, 1.82) is 0 Å². The average Bonchev–Trinajstić information content (AvgIpc) is 2.39. The van der Waals surface area contributed by atoms with Gasteiger partial charge in [0.1, 0.15) is 6.54 Å². The Morgan fingerprint density at radius 3 is 2.55 bits per heavy atom. The molecule has 1 atom stereocenters. The second-order valence-electron chi connectivity index (χ2n) is 5.21. The van der Waals surface area contributed by atoms with Crippen molar-refractivity contribution in [2.45, 2.75) is 13.5 Å². The maximum Gasteiger partial charge on any atom is 0.279 e. The van der Waals surface area contributed by atoms with Gasteiger partial charge in [-0.3, -0.25) is 4.79 Å². The molecule has 20 heavy (non-hydrogen) atoms. The number of rotatable bonds is 5. The Labute approximate surface area is 120 Å². The number of quaternary nitrogens is 1. The van der Waals surface area contributed by atoms with E-state index in [1.54, 1.807) is 0 Å². The first-order valence-corrected chi connectivity index (χ1v) is 6.85. The molecule has 0 bridgehead atoms. The van der Waals surface area contributed by atoms with Crippen LogP contribution in [-0.4, -0.2) is 19.5 Å². The largest absolute Gasteiger partial charge is 0.326 e. The SMILES string of the molecule is Cc1cccc(NC(=O)C[NH+](C)Cc2ccccc2)c1. The van der Waals surface area contributed by atoms with Gasteiger partial charge < -0.3 is 10.2 Å². The van der Waals surface area contributed by atoms with Gasteiger partial charge >= 0.3 is 0 Å². The van der Waals surface area contributed by atoms with Crippen molar-refractivity contribution in [3.05, 3.63) is 65.7 Å². The van der Waals surface area contributed by atoms with Gasteiger partial charge in [0.05, 0.1) is 7.05 Å². The molecule has 0 saturated carbocycles. The van der Waals surface area contributed by atoms with Crippen LogP contribution in [0.1, 0.15) is 11.1 Å². The van der Waals surface area contributed by atoms with Crippen LogP contribution in [0.15, 0.2) is 54.6 Å². The molecule has 0 radical (unpaired) electrons. The second-order valence-corrected chi connectivity index (χ2v) is 5.21. The zero-order valence-corrected chi connectivity index (χ0v) is 12.0. The summed E-state index contributed by atoms with van der Waals surface area (Å²) >= 11 is 0. The molecule has 0 aliphatic rings. The van der Waals surface area contributed by atoms with Crippen LogP contribution in [0.25, 0.3) is 0 Å². The minimum Gasteiger partial charge on any atom is -0.326 e. The molecule has 0 aliphatic carbocycles. The van der Waals surface area contributed by atoms with Crippen LogP contribution in [0.4, 0.5) is 5.69 Å². The van der Waals surface area contributed by atoms with Crippen molar-refractivity contribution >= 4 is 11.6 Å². The summed E-state index contributed by atoms with van der Waals surface area (Å²) in [7, 11) is 2.03. The Morgan fingerprint density at radius 2 is 1.85 bits per heavy atom. The minimum atomic E-state index is 0.0454. The van der Waals surface area contributed by atoms with Crippen molar-refractivity contribution in [3.63, 3.8) is 0 Å². The molecule has 2 aromatic carbocycles. The normalized spacial score (nSPS) is 11.9. The van der Waals surface area contributed by atoms with E-state index in [1.807, 2.05) is 56.4 Å². The van der Waals surface area contributed by atoms with E-state index in [4.69, 9.17) is 0 Å². The second kappa shape index (κ2) is 6.87. The summed E-state index contributed by atoms with van der Waals surface area (Å²) in [6, 6.07) is 18.1. The van der Waals surface area contributed by atoms with Crippen molar-refractivity contribution < 1.29 is 9.69 Å². The third-order valence-corrected chi connectivity index (χ3v) is 3.11. The number of likely N-dealkylation sites (N-methyl/N-ethyl adjacent to an activating group) is 1. The van der Waals surface area contributed by atoms with E-state index in [0.29, 0.717) is 6.54 Å². The smallest absolute Gasteiger partial charge is 0.279 e. The highest BCUT2D eigenvalue weighted by Crippen LogP contribution is 2.08. The topological polar surface area (TPSA) is 33.5 Å². The third-order valence-electron chi connectivity index (χ3n) is 3.11. The average molecular weight is 269 g/mol. The van der Waals surface area contributed by atoms with Crippen LogP contribution in [0.5, 0.6) is 0 Å². The summed E-state index contributed by atoms with van der Waals surface area (Å²) < 4.78 is 0. The maximum absolute atomic E-state index is 12.0. The summed E-state index contributed by atoms with van der Waals surface area (Å²) in [5.74, 6) is 0.0454. The van der Waals surface area contributed by atoms with Crippen LogP contribution >= 0.6 is 0 Å². The minimum absolute atomic E-state index is 0.0454. The van der Waals surface area contributed by atoms with Crippen molar-refractivity contribution in [2.75, 3.05) is 18.9 Å². The number of hydrogen-bond acceptors (Lipinski definition) is 1. The summed E-state index contributed by atoms with van der Waals surface area (Å²) in [4.78, 5) is 13.2. The van der Waals surface area contributed by atoms with Crippen LogP contribution < -0.4 is 10.2 Å². The first-order valence-electron chi connectivity index (χ1n) is 6.85. The molecular formula is C17H21N2O+. The van der Waals surface area contributed by atoms with Crippen molar-refractivity contribution in [1.82, 2.24) is 0 Å². The van der Waals surface area contributed by atoms with Gasteiger partial charge in [0.15, 0.2) is 6.54 Å². The summed E-state index contributed by atoms with van der Waals surface area (Å²) in [6.07, 6.45) is 0. The highest BCUT2D eigenvalue weighted by atomic mass is 16.2. The fraction of sp³-hybridized carbons (Fsp3) is 0.235. The Balaban J connectivity index is 1.85. The Morgan fingerprint density at radius 1 is 1.10 bits per heavy atom. The van der Waals surface area contributed by atoms with E-state index in [1.165, 1.54) is 10.5 Å². The van der Waals surface area contributed by atoms with Gasteiger partial charge in [0.2, 0.25) is 0 Å². The van der Waals surface area contributed by atoms with E-state index in [2.05, 4.69) is 17.4 Å². The van der Waals surface area contributed by atoms with E-state index in [0.717, 1.165) is 17.8 Å². The predicted molar refractivity (Wildman–Crippen MR) is 81.7 cm³/mol. The zero-order valence-electron chi connectivity index (χ0n) is 12.0. The lowest BCUT2D eigenvalue weighted by atomic mass is 10.2. The van der Waals surface area contributed by atoms with Gasteiger partial charge in [-0.25, -0.2) is 0 Å². The van der Waals surface area contributed by atoms with Crippen LogP contribution in [-0.2, 0) is 11.3 Å². The quantitative estimate of drug-likeness (QED) is 0.850. The predicted octanol–water partition coefficient (Wildman–Crippen LogP) is 1.65. The molecule has 3 nitrogen and oxygen atoms in total. The van der Waals surface area contributed by atoms with E-state index >= 15 is 0 Å². The first kappa shape index (κ1) is 14.3. The molecule has 1 unspecified atom stereocenters. The summed E-state index contributed by atoms with van der Waals surface area (Å²) in [5, 5.41) is 2.94. The monoisotopic (exact) mass is 269 g/mol. The van der Waals surface area contributed by atoms with E-state index < -0.39 is 0 Å². The molecule has 0 fully saturated rings. The van der Waals surface area contributed by atoms with Crippen LogP contribution in [0.3, 0.4) is 0 Å². The molecule has 0 aromatic heterocycles. The van der Waals surface area contributed by atoms with Gasteiger partial charge in [0.25, 0.3) is 5.91 Å². The van der Waals surface area contributed by atoms with E-state index in [-0.39, 0.29) is 5.91 Å². The Bertz CT molecular complexity index is 566. The molecule has 104 valence electrons. The molecule has 0 saturated heterocycles. The van der Waals surface area contributed by atoms with Crippen molar-refractivity contribution in [2.24, 2.45) is 0 Å². The standard InChI is InChI=1S/C17H20N2O/c1-14-7-6-10-16(11-14)18-17(20)13-19(2)12-15-8-4-3-5-9-15/h3-11H,12-13H2,1-2H3,(H,18,20)/p+1. The molecule has 0 spiro atoms. The van der Waals surface area contributed by atoms with Gasteiger partial charge in [-0.1, -0.05) is 42.5 Å². The highest BCUT2D eigenvalue weighted by Gasteiger charge is 2.10. The lowest BCUT2D eigenvalue weighted by Gasteiger charge is -2.14. The number of aryl methyl sites for hydroxylation is 1. The number of hydrogen-bond donors (Lipinski definition) is 2. The lowest BCUT2D eigenvalue weighted by Crippen LogP contribution is -3.08. The molecule has 0 aliphatic heterocycles. The fourth-order valence-corrected chi connectivity index (χ4v) is 2.21. The van der Waals surface area contributed by atoms with Gasteiger partial charge in [-0.05, 0) is 24.6 Å². The molecule has 0 heterocycles. The van der Waals surface area contributed by atoms with Crippen LogP contribution in [0, 0.1) is 6.92 Å². The molecule has 2 N–H and O–H groups in total. The summed E-state index contributed by atoms with van der Waals surface area (Å²) in [5.41, 5.74) is 3.25. The highest BCUT2D eigenvalue weighted by molar-refractivity contribution is 5.91. The number of carbonyl (C=O) groups is 1. The van der Waals surface area contributed by atoms with Crippen LogP contribution in [0.2, 0.25) is 0 Å². The van der Waals surface area contributed by atoms with Crippen molar-refractivity contribution in [3.8, 4) is 0 Å². The number of nitrogens with one attached hydrogen (secondary N) is 2. The molecular weight excluding hydrogens is 248 g/mol. The van der Waals surface area contributed by atoms with Gasteiger partial charge in [-0.15, -0.1) is 0 Å². The number of anilines is 1. The first-order chi connectivity index (χ1) is 9.63. The number of carbonyl (C=O) groups excluding carboxylic acids is 1. The van der Waals surface area contributed by atoms with Gasteiger partial charge in [0, 0.05) is 11.3 Å². The molecule has 2 aromatic rings. The van der Waals surface area contributed by atoms with E-state index in [9.17, 15) is 4.79 Å². The molecule has 3 heteroatoms. The lowest BCUT2D eigenvalue weighted by molar-refractivity contribution is -0.885. The number of amides is 1. The Hall–Kier alpha value is -2.13. The summed E-state index contributed by atoms with van der Waals surface area (Å²) in [6.45, 7) is 3.33. The fourth-order valence-electron chi connectivity index (χ4n) is 2.21. The Kier molecular flexibility index (Phi) is 4.91. The number of benzene rings is 2. The van der Waals surface area contributed by atoms with Gasteiger partial charge in [-0.2, -0.15) is 0 Å². The zero-order chi connectivity index (χ0) is 14.4. The molecule has 2 rings (SSSR count). The maximum atomic E-state index is 12.0. The molecule has 1 amide bonds.